The van der Waals surface area contributed by atoms with E-state index in [4.69, 9.17) is 14.2 Å². The van der Waals surface area contributed by atoms with Gasteiger partial charge in [0.15, 0.2) is 11.5 Å². The van der Waals surface area contributed by atoms with Crippen molar-refractivity contribution in [2.75, 3.05) is 34.4 Å². The standard InChI is InChI=1S/C23H29N3O6S/c1-16(18-14-20(30-2)22(32-4)21(15-18)31-3)24-25-23(27)17-9-8-10-19(13-17)33(28,29)26-11-6-5-7-12-26/h8-10,13-15H,5-7,11-12H2,1-4H3,(H,25,27)/b24-16-. The Morgan fingerprint density at radius 2 is 1.58 bits per heavy atom. The van der Waals surface area contributed by atoms with Crippen LogP contribution in [0.1, 0.15) is 42.1 Å². The number of carbonyl (C=O) groups is 1. The van der Waals surface area contributed by atoms with Gasteiger partial charge in [-0.1, -0.05) is 12.5 Å². The normalized spacial score (nSPS) is 15.1. The molecule has 1 aliphatic heterocycles. The van der Waals surface area contributed by atoms with Gasteiger partial charge in [-0.2, -0.15) is 9.41 Å². The Balaban J connectivity index is 1.80. The van der Waals surface area contributed by atoms with E-state index in [0.29, 0.717) is 41.6 Å². The molecular formula is C23H29N3O6S. The number of ether oxygens (including phenoxy) is 3. The molecule has 1 amide bonds. The molecular weight excluding hydrogens is 446 g/mol. The summed E-state index contributed by atoms with van der Waals surface area (Å²) in [6, 6.07) is 9.43. The quantitative estimate of drug-likeness (QED) is 0.465. The van der Waals surface area contributed by atoms with Gasteiger partial charge in [0.2, 0.25) is 15.8 Å². The van der Waals surface area contributed by atoms with Crippen LogP contribution in [-0.2, 0) is 10.0 Å². The second kappa shape index (κ2) is 10.7. The Morgan fingerprint density at radius 1 is 0.939 bits per heavy atom. The van der Waals surface area contributed by atoms with Gasteiger partial charge in [0.1, 0.15) is 0 Å². The fourth-order valence-corrected chi connectivity index (χ4v) is 5.17. The number of sulfonamides is 1. The summed E-state index contributed by atoms with van der Waals surface area (Å²) >= 11 is 0. The fraction of sp³-hybridized carbons (Fsp3) is 0.391. The van der Waals surface area contributed by atoms with Crippen LogP contribution in [0.4, 0.5) is 0 Å². The minimum Gasteiger partial charge on any atom is -0.493 e. The molecule has 0 saturated carbocycles. The lowest BCUT2D eigenvalue weighted by atomic mass is 10.1. The van der Waals surface area contributed by atoms with Crippen molar-refractivity contribution in [3.05, 3.63) is 47.5 Å². The summed E-state index contributed by atoms with van der Waals surface area (Å²) in [5.41, 5.74) is 3.85. The molecule has 0 aliphatic carbocycles. The van der Waals surface area contributed by atoms with E-state index in [0.717, 1.165) is 19.3 Å². The minimum absolute atomic E-state index is 0.0994. The molecule has 9 nitrogen and oxygen atoms in total. The Morgan fingerprint density at radius 3 is 2.15 bits per heavy atom. The summed E-state index contributed by atoms with van der Waals surface area (Å²) in [4.78, 5) is 12.8. The molecule has 1 N–H and O–H groups in total. The third kappa shape index (κ3) is 5.45. The van der Waals surface area contributed by atoms with Crippen molar-refractivity contribution in [2.24, 2.45) is 5.10 Å². The zero-order valence-electron chi connectivity index (χ0n) is 19.3. The largest absolute Gasteiger partial charge is 0.493 e. The smallest absolute Gasteiger partial charge is 0.271 e. The molecule has 0 unspecified atom stereocenters. The predicted octanol–water partition coefficient (Wildman–Crippen LogP) is 3.04. The first-order chi connectivity index (χ1) is 15.8. The molecule has 3 rings (SSSR count). The zero-order valence-corrected chi connectivity index (χ0v) is 20.1. The molecule has 0 spiro atoms. The number of piperidine rings is 1. The average molecular weight is 476 g/mol. The summed E-state index contributed by atoms with van der Waals surface area (Å²) in [6.07, 6.45) is 2.71. The number of hydrogen-bond donors (Lipinski definition) is 1. The highest BCUT2D eigenvalue weighted by Crippen LogP contribution is 2.38. The van der Waals surface area contributed by atoms with Crippen LogP contribution in [0, 0.1) is 0 Å². The molecule has 33 heavy (non-hydrogen) atoms. The Bertz CT molecular complexity index is 1120. The molecule has 1 saturated heterocycles. The van der Waals surface area contributed by atoms with E-state index >= 15 is 0 Å². The summed E-state index contributed by atoms with van der Waals surface area (Å²) < 4.78 is 43.3. The van der Waals surface area contributed by atoms with Crippen molar-refractivity contribution in [3.63, 3.8) is 0 Å². The number of hydrazone groups is 1. The van der Waals surface area contributed by atoms with Crippen molar-refractivity contribution in [1.29, 1.82) is 0 Å². The number of carbonyl (C=O) groups excluding carboxylic acids is 1. The van der Waals surface area contributed by atoms with E-state index < -0.39 is 15.9 Å². The van der Waals surface area contributed by atoms with Crippen LogP contribution in [0.25, 0.3) is 0 Å². The summed E-state index contributed by atoms with van der Waals surface area (Å²) in [7, 11) is 0.906. The van der Waals surface area contributed by atoms with Crippen LogP contribution in [-0.4, -0.2) is 58.8 Å². The van der Waals surface area contributed by atoms with Gasteiger partial charge in [-0.3, -0.25) is 4.79 Å². The number of benzene rings is 2. The number of methoxy groups -OCH3 is 3. The average Bonchev–Trinajstić information content (AvgIpc) is 2.86. The summed E-state index contributed by atoms with van der Waals surface area (Å²) in [6.45, 7) is 2.71. The lowest BCUT2D eigenvalue weighted by Crippen LogP contribution is -2.35. The van der Waals surface area contributed by atoms with Crippen molar-refractivity contribution < 1.29 is 27.4 Å². The first kappa shape index (κ1) is 24.5. The maximum absolute atomic E-state index is 12.9. The van der Waals surface area contributed by atoms with Crippen LogP contribution < -0.4 is 19.6 Å². The van der Waals surface area contributed by atoms with Gasteiger partial charge in [-0.25, -0.2) is 13.8 Å². The molecule has 0 bridgehead atoms. The van der Waals surface area contributed by atoms with Crippen LogP contribution in [0.15, 0.2) is 46.4 Å². The SMILES string of the molecule is COc1cc(/C(C)=N\NC(=O)c2cccc(S(=O)(=O)N3CCCCC3)c2)cc(OC)c1OC. The highest BCUT2D eigenvalue weighted by molar-refractivity contribution is 7.89. The highest BCUT2D eigenvalue weighted by Gasteiger charge is 2.26. The molecule has 178 valence electrons. The van der Waals surface area contributed by atoms with Gasteiger partial charge in [0.25, 0.3) is 5.91 Å². The Kier molecular flexibility index (Phi) is 7.93. The van der Waals surface area contributed by atoms with Crippen LogP contribution in [0.2, 0.25) is 0 Å². The molecule has 0 aromatic heterocycles. The highest BCUT2D eigenvalue weighted by atomic mass is 32.2. The van der Waals surface area contributed by atoms with E-state index in [1.165, 1.54) is 37.8 Å². The monoisotopic (exact) mass is 475 g/mol. The van der Waals surface area contributed by atoms with E-state index in [1.807, 2.05) is 0 Å². The van der Waals surface area contributed by atoms with Gasteiger partial charge >= 0.3 is 0 Å². The maximum Gasteiger partial charge on any atom is 0.271 e. The molecule has 1 heterocycles. The van der Waals surface area contributed by atoms with Crippen molar-refractivity contribution >= 4 is 21.6 Å². The van der Waals surface area contributed by atoms with E-state index in [2.05, 4.69) is 10.5 Å². The Labute approximate surface area is 194 Å². The number of nitrogens with zero attached hydrogens (tertiary/aromatic N) is 2. The summed E-state index contributed by atoms with van der Waals surface area (Å²) in [5.74, 6) is 0.858. The van der Waals surface area contributed by atoms with E-state index in [-0.39, 0.29) is 10.5 Å². The van der Waals surface area contributed by atoms with Gasteiger partial charge in [0.05, 0.1) is 31.9 Å². The number of amides is 1. The third-order valence-electron chi connectivity index (χ3n) is 5.46. The molecule has 1 aliphatic rings. The number of hydrogen-bond acceptors (Lipinski definition) is 7. The van der Waals surface area contributed by atoms with Crippen molar-refractivity contribution in [3.8, 4) is 17.2 Å². The minimum atomic E-state index is -3.64. The summed E-state index contributed by atoms with van der Waals surface area (Å²) in [5, 5.41) is 4.16. The van der Waals surface area contributed by atoms with Gasteiger partial charge in [-0.05, 0) is 50.1 Å². The molecule has 1 fully saturated rings. The van der Waals surface area contributed by atoms with E-state index in [9.17, 15) is 13.2 Å². The van der Waals surface area contributed by atoms with Crippen molar-refractivity contribution in [2.45, 2.75) is 31.1 Å². The molecule has 10 heteroatoms. The van der Waals surface area contributed by atoms with Gasteiger partial charge < -0.3 is 14.2 Å². The Hall–Kier alpha value is -3.11. The second-order valence-corrected chi connectivity index (χ2v) is 9.48. The zero-order chi connectivity index (χ0) is 24.0. The van der Waals surface area contributed by atoms with Crippen molar-refractivity contribution in [1.82, 2.24) is 9.73 Å². The topological polar surface area (TPSA) is 107 Å². The first-order valence-electron chi connectivity index (χ1n) is 10.6. The number of rotatable bonds is 8. The van der Waals surface area contributed by atoms with E-state index in [1.54, 1.807) is 31.2 Å². The van der Waals surface area contributed by atoms with Crippen LogP contribution in [0.5, 0.6) is 17.2 Å². The fourth-order valence-electron chi connectivity index (χ4n) is 3.61. The third-order valence-corrected chi connectivity index (χ3v) is 7.35. The lowest BCUT2D eigenvalue weighted by molar-refractivity contribution is 0.0954. The second-order valence-electron chi connectivity index (χ2n) is 7.54. The maximum atomic E-state index is 12.9. The number of nitrogens with one attached hydrogen (secondary N) is 1. The predicted molar refractivity (Wildman–Crippen MR) is 125 cm³/mol. The lowest BCUT2D eigenvalue weighted by Gasteiger charge is -2.25. The molecule has 0 atom stereocenters. The van der Waals surface area contributed by atoms with Crippen LogP contribution >= 0.6 is 0 Å². The van der Waals surface area contributed by atoms with Gasteiger partial charge in [-0.15, -0.1) is 0 Å². The van der Waals surface area contributed by atoms with Gasteiger partial charge in [0, 0.05) is 24.2 Å². The van der Waals surface area contributed by atoms with Crippen LogP contribution in [0.3, 0.4) is 0 Å². The first-order valence-corrected chi connectivity index (χ1v) is 12.0. The molecule has 2 aromatic rings. The molecule has 2 aromatic carbocycles. The molecule has 0 radical (unpaired) electrons.